The molecule has 1 aliphatic carbocycles. The van der Waals surface area contributed by atoms with E-state index >= 15 is 0 Å². The standard InChI is InChI=1S/C22H26N4O2S/c1-3-11-23-22-26(25-17-8-5-15(4-2)6-9-17)19(14-29-22)16-7-10-20-18(12-16)24-21(27)13-28-20/h3,7,10,12,14-15H,1,4-6,8-9,11,13H2,2H3,(H,24,27). The zero-order chi connectivity index (χ0) is 20.2. The SMILES string of the molecule is C=CCN=c1scc(-c2ccc3c(c2)NC(=O)CO3)n1N=C1CCC(CC)CC1. The Morgan fingerprint density at radius 3 is 2.97 bits per heavy atom. The predicted molar refractivity (Wildman–Crippen MR) is 118 cm³/mol. The number of hydrogen-bond acceptors (Lipinski definition) is 5. The molecular weight excluding hydrogens is 384 g/mol. The summed E-state index contributed by atoms with van der Waals surface area (Å²) < 4.78 is 7.43. The van der Waals surface area contributed by atoms with Crippen LogP contribution in [0.2, 0.25) is 0 Å². The smallest absolute Gasteiger partial charge is 0.262 e. The molecule has 2 aliphatic rings. The predicted octanol–water partition coefficient (Wildman–Crippen LogP) is 4.44. The van der Waals surface area contributed by atoms with Crippen LogP contribution < -0.4 is 14.9 Å². The van der Waals surface area contributed by atoms with Gasteiger partial charge in [-0.3, -0.25) is 9.79 Å². The molecule has 0 spiro atoms. The fourth-order valence-corrected chi connectivity index (χ4v) is 4.59. The number of thiazole rings is 1. The molecule has 1 aromatic carbocycles. The molecule has 1 aromatic heterocycles. The second kappa shape index (κ2) is 8.78. The summed E-state index contributed by atoms with van der Waals surface area (Å²) in [5.74, 6) is 1.37. The van der Waals surface area contributed by atoms with Crippen molar-refractivity contribution in [2.75, 3.05) is 18.5 Å². The molecule has 7 heteroatoms. The van der Waals surface area contributed by atoms with Crippen molar-refractivity contribution in [3.63, 3.8) is 0 Å². The molecule has 1 saturated carbocycles. The minimum Gasteiger partial charge on any atom is -0.482 e. The Kier molecular flexibility index (Phi) is 5.94. The van der Waals surface area contributed by atoms with Gasteiger partial charge in [0.15, 0.2) is 6.61 Å². The number of hydrogen-bond donors (Lipinski definition) is 1. The number of amides is 1. The third-order valence-corrected chi connectivity index (χ3v) is 6.30. The number of ether oxygens (including phenoxy) is 1. The van der Waals surface area contributed by atoms with Crippen LogP contribution in [0.5, 0.6) is 5.75 Å². The number of nitrogens with one attached hydrogen (secondary N) is 1. The van der Waals surface area contributed by atoms with E-state index in [4.69, 9.17) is 9.84 Å². The Hall–Kier alpha value is -2.67. The number of carbonyl (C=O) groups excluding carboxylic acids is 1. The summed E-state index contributed by atoms with van der Waals surface area (Å²) >= 11 is 1.57. The fourth-order valence-electron chi connectivity index (χ4n) is 3.75. The molecular formula is C22H26N4O2S. The Morgan fingerprint density at radius 1 is 1.38 bits per heavy atom. The van der Waals surface area contributed by atoms with E-state index in [1.165, 1.54) is 25.0 Å². The Bertz CT molecular complexity index is 1010. The Morgan fingerprint density at radius 2 is 2.21 bits per heavy atom. The topological polar surface area (TPSA) is 68.0 Å². The van der Waals surface area contributed by atoms with Crippen LogP contribution in [0.1, 0.15) is 39.0 Å². The van der Waals surface area contributed by atoms with Crippen molar-refractivity contribution in [1.29, 1.82) is 0 Å². The van der Waals surface area contributed by atoms with Gasteiger partial charge in [-0.1, -0.05) is 19.4 Å². The van der Waals surface area contributed by atoms with Gasteiger partial charge in [-0.25, -0.2) is 4.68 Å². The van der Waals surface area contributed by atoms with E-state index in [0.29, 0.717) is 18.0 Å². The van der Waals surface area contributed by atoms with Gasteiger partial charge in [0.1, 0.15) is 5.75 Å². The molecule has 2 aromatic rings. The molecule has 29 heavy (non-hydrogen) atoms. The number of anilines is 1. The highest BCUT2D eigenvalue weighted by Gasteiger charge is 2.19. The van der Waals surface area contributed by atoms with Gasteiger partial charge in [-0.15, -0.1) is 17.9 Å². The van der Waals surface area contributed by atoms with Gasteiger partial charge in [0.2, 0.25) is 4.80 Å². The normalized spacial score (nSPS) is 19.3. The third kappa shape index (κ3) is 4.34. The molecule has 2 heterocycles. The summed E-state index contributed by atoms with van der Waals surface area (Å²) in [6, 6.07) is 5.84. The second-order valence-electron chi connectivity index (χ2n) is 7.41. The first-order chi connectivity index (χ1) is 14.2. The molecule has 1 fully saturated rings. The van der Waals surface area contributed by atoms with E-state index in [-0.39, 0.29) is 12.5 Å². The monoisotopic (exact) mass is 410 g/mol. The molecule has 0 unspecified atom stereocenters. The van der Waals surface area contributed by atoms with E-state index < -0.39 is 0 Å². The van der Waals surface area contributed by atoms with Gasteiger partial charge >= 0.3 is 0 Å². The molecule has 0 saturated heterocycles. The molecule has 0 bridgehead atoms. The molecule has 6 nitrogen and oxygen atoms in total. The largest absolute Gasteiger partial charge is 0.482 e. The van der Waals surface area contributed by atoms with E-state index in [1.807, 2.05) is 22.9 Å². The fraction of sp³-hybridized carbons (Fsp3) is 0.409. The first-order valence-corrected chi connectivity index (χ1v) is 11.0. The molecule has 152 valence electrons. The van der Waals surface area contributed by atoms with Gasteiger partial charge < -0.3 is 10.1 Å². The molecule has 0 atom stereocenters. The van der Waals surface area contributed by atoms with E-state index in [0.717, 1.165) is 34.8 Å². The van der Waals surface area contributed by atoms with Crippen molar-refractivity contribution < 1.29 is 9.53 Å². The van der Waals surface area contributed by atoms with Gasteiger partial charge in [-0.05, 0) is 49.8 Å². The number of rotatable bonds is 5. The summed E-state index contributed by atoms with van der Waals surface area (Å²) in [7, 11) is 0. The first-order valence-electron chi connectivity index (χ1n) is 10.1. The van der Waals surface area contributed by atoms with Crippen LogP contribution in [0.25, 0.3) is 11.3 Å². The maximum atomic E-state index is 11.7. The highest BCUT2D eigenvalue weighted by atomic mass is 32.1. The average molecular weight is 411 g/mol. The highest BCUT2D eigenvalue weighted by Crippen LogP contribution is 2.33. The molecule has 0 radical (unpaired) electrons. The van der Waals surface area contributed by atoms with E-state index in [1.54, 1.807) is 17.4 Å². The lowest BCUT2D eigenvalue weighted by atomic mass is 9.86. The number of aromatic nitrogens is 1. The number of carbonyl (C=O) groups is 1. The van der Waals surface area contributed by atoms with Gasteiger partial charge in [0, 0.05) is 16.7 Å². The van der Waals surface area contributed by atoms with E-state index in [9.17, 15) is 4.79 Å². The molecule has 1 amide bonds. The van der Waals surface area contributed by atoms with Gasteiger partial charge in [-0.2, -0.15) is 5.10 Å². The van der Waals surface area contributed by atoms with Crippen molar-refractivity contribution in [1.82, 2.24) is 4.68 Å². The lowest BCUT2D eigenvalue weighted by Crippen LogP contribution is -2.25. The van der Waals surface area contributed by atoms with Crippen LogP contribution in [0.15, 0.2) is 46.3 Å². The van der Waals surface area contributed by atoms with Crippen molar-refractivity contribution in [3.8, 4) is 17.0 Å². The molecule has 1 aliphatic heterocycles. The molecule has 1 N–H and O–H groups in total. The summed E-state index contributed by atoms with van der Waals surface area (Å²) in [5.41, 5.74) is 3.85. The molecule has 4 rings (SSSR count). The third-order valence-electron chi connectivity index (χ3n) is 5.45. The maximum Gasteiger partial charge on any atom is 0.262 e. The Balaban J connectivity index is 1.73. The minimum absolute atomic E-state index is 0.0573. The summed E-state index contributed by atoms with van der Waals surface area (Å²) in [4.78, 5) is 17.2. The van der Waals surface area contributed by atoms with Crippen molar-refractivity contribution in [2.24, 2.45) is 16.0 Å². The van der Waals surface area contributed by atoms with Crippen LogP contribution in [-0.2, 0) is 4.79 Å². The summed E-state index contributed by atoms with van der Waals surface area (Å²) in [6.45, 7) is 6.65. The van der Waals surface area contributed by atoms with Crippen molar-refractivity contribution in [3.05, 3.63) is 41.0 Å². The first kappa shape index (κ1) is 19.6. The lowest BCUT2D eigenvalue weighted by molar-refractivity contribution is -0.118. The van der Waals surface area contributed by atoms with Gasteiger partial charge in [0.05, 0.1) is 17.9 Å². The average Bonchev–Trinajstić information content (AvgIpc) is 3.14. The Labute approximate surface area is 174 Å². The quantitative estimate of drug-likeness (QED) is 0.741. The van der Waals surface area contributed by atoms with Crippen LogP contribution in [-0.4, -0.2) is 29.4 Å². The van der Waals surface area contributed by atoms with Crippen LogP contribution >= 0.6 is 11.3 Å². The lowest BCUT2D eigenvalue weighted by Gasteiger charge is -2.22. The second-order valence-corrected chi connectivity index (χ2v) is 8.25. The van der Waals surface area contributed by atoms with Crippen molar-refractivity contribution >= 4 is 28.6 Å². The van der Waals surface area contributed by atoms with E-state index in [2.05, 4.69) is 29.2 Å². The maximum absolute atomic E-state index is 11.7. The summed E-state index contributed by atoms with van der Waals surface area (Å²) in [6.07, 6.45) is 7.51. The number of benzene rings is 1. The van der Waals surface area contributed by atoms with Crippen LogP contribution in [0.3, 0.4) is 0 Å². The van der Waals surface area contributed by atoms with Crippen LogP contribution in [0.4, 0.5) is 5.69 Å². The van der Waals surface area contributed by atoms with Crippen molar-refractivity contribution in [2.45, 2.75) is 39.0 Å². The zero-order valence-electron chi connectivity index (χ0n) is 16.7. The minimum atomic E-state index is -0.137. The number of nitrogens with zero attached hydrogens (tertiary/aromatic N) is 3. The number of fused-ring (bicyclic) bond motifs is 1. The van der Waals surface area contributed by atoms with Crippen LogP contribution in [0, 0.1) is 5.92 Å². The summed E-state index contributed by atoms with van der Waals surface area (Å²) in [5, 5.41) is 9.95. The van der Waals surface area contributed by atoms with Gasteiger partial charge in [0.25, 0.3) is 5.91 Å². The zero-order valence-corrected chi connectivity index (χ0v) is 17.5. The highest BCUT2D eigenvalue weighted by molar-refractivity contribution is 7.07.